The number of benzene rings is 1. The molecular formula is C22H29N3O2. The van der Waals surface area contributed by atoms with Gasteiger partial charge in [-0.15, -0.1) is 0 Å². The van der Waals surface area contributed by atoms with Crippen molar-refractivity contribution in [1.82, 2.24) is 15.1 Å². The zero-order chi connectivity index (χ0) is 18.5. The van der Waals surface area contributed by atoms with E-state index in [1.54, 1.807) is 6.26 Å². The predicted molar refractivity (Wildman–Crippen MR) is 105 cm³/mol. The zero-order valence-electron chi connectivity index (χ0n) is 15.9. The van der Waals surface area contributed by atoms with E-state index >= 15 is 0 Å². The Bertz CT molecular complexity index is 744. The molecule has 5 heteroatoms. The van der Waals surface area contributed by atoms with Gasteiger partial charge < -0.3 is 9.73 Å². The minimum atomic E-state index is 0.0933. The van der Waals surface area contributed by atoms with E-state index in [1.807, 2.05) is 12.1 Å². The zero-order valence-corrected chi connectivity index (χ0v) is 15.9. The number of amides is 1. The lowest BCUT2D eigenvalue weighted by Crippen LogP contribution is -2.44. The highest BCUT2D eigenvalue weighted by Gasteiger charge is 2.26. The molecule has 5 nitrogen and oxygen atoms in total. The smallest absolute Gasteiger partial charge is 0.224 e. The number of rotatable bonds is 6. The van der Waals surface area contributed by atoms with Crippen LogP contribution in [0.15, 0.2) is 47.1 Å². The third-order valence-electron chi connectivity index (χ3n) is 5.77. The average Bonchev–Trinajstić information content (AvgIpc) is 3.21. The summed E-state index contributed by atoms with van der Waals surface area (Å²) in [6.07, 6.45) is 4.87. The van der Waals surface area contributed by atoms with Gasteiger partial charge in [0.05, 0.1) is 18.7 Å². The summed E-state index contributed by atoms with van der Waals surface area (Å²) in [5.74, 6) is 1.27. The van der Waals surface area contributed by atoms with Crippen LogP contribution in [-0.2, 0) is 24.3 Å². The van der Waals surface area contributed by atoms with Crippen LogP contribution in [0.3, 0.4) is 0 Å². The molecule has 0 spiro atoms. The normalized spacial score (nSPS) is 21.0. The van der Waals surface area contributed by atoms with E-state index in [1.165, 1.54) is 11.1 Å². The summed E-state index contributed by atoms with van der Waals surface area (Å²) >= 11 is 0. The number of likely N-dealkylation sites (tertiary alicyclic amines) is 1. The minimum Gasteiger partial charge on any atom is -0.468 e. The SMILES string of the molecule is O=C(NCCN1CCc2ccccc2C1)[C@H]1CCCN(Cc2ccco2)C1. The van der Waals surface area contributed by atoms with Crippen molar-refractivity contribution in [3.8, 4) is 0 Å². The van der Waals surface area contributed by atoms with Crippen molar-refractivity contribution in [2.24, 2.45) is 5.92 Å². The molecule has 4 rings (SSSR count). The fraction of sp³-hybridized carbons (Fsp3) is 0.500. The van der Waals surface area contributed by atoms with Gasteiger partial charge >= 0.3 is 0 Å². The number of hydrogen-bond donors (Lipinski definition) is 1. The Balaban J connectivity index is 1.20. The molecule has 1 N–H and O–H groups in total. The van der Waals surface area contributed by atoms with Crippen molar-refractivity contribution in [2.45, 2.75) is 32.4 Å². The summed E-state index contributed by atoms with van der Waals surface area (Å²) in [5.41, 5.74) is 2.90. The summed E-state index contributed by atoms with van der Waals surface area (Å²) < 4.78 is 5.44. The molecule has 2 aromatic rings. The first kappa shape index (κ1) is 18.3. The molecule has 0 unspecified atom stereocenters. The maximum Gasteiger partial charge on any atom is 0.224 e. The van der Waals surface area contributed by atoms with Crippen LogP contribution in [0, 0.1) is 5.92 Å². The monoisotopic (exact) mass is 367 g/mol. The highest BCUT2D eigenvalue weighted by atomic mass is 16.3. The van der Waals surface area contributed by atoms with Crippen molar-refractivity contribution in [3.05, 3.63) is 59.5 Å². The van der Waals surface area contributed by atoms with Crippen molar-refractivity contribution in [1.29, 1.82) is 0 Å². The van der Waals surface area contributed by atoms with E-state index in [0.717, 1.165) is 70.8 Å². The molecule has 1 atom stereocenters. The van der Waals surface area contributed by atoms with Gasteiger partial charge in [-0.2, -0.15) is 0 Å². The highest BCUT2D eigenvalue weighted by molar-refractivity contribution is 5.78. The van der Waals surface area contributed by atoms with Crippen LogP contribution in [0.5, 0.6) is 0 Å². The fourth-order valence-corrected chi connectivity index (χ4v) is 4.26. The van der Waals surface area contributed by atoms with Gasteiger partial charge in [0.15, 0.2) is 0 Å². The van der Waals surface area contributed by atoms with Crippen molar-refractivity contribution in [3.63, 3.8) is 0 Å². The Morgan fingerprint density at radius 1 is 1.11 bits per heavy atom. The first-order valence-electron chi connectivity index (χ1n) is 10.1. The first-order valence-corrected chi connectivity index (χ1v) is 10.1. The molecule has 1 aromatic carbocycles. The molecule has 1 aromatic heterocycles. The molecule has 1 fully saturated rings. The van der Waals surface area contributed by atoms with Gasteiger partial charge in [0.1, 0.15) is 5.76 Å². The Morgan fingerprint density at radius 2 is 2.00 bits per heavy atom. The number of nitrogens with one attached hydrogen (secondary N) is 1. The summed E-state index contributed by atoms with van der Waals surface area (Å²) in [7, 11) is 0. The second-order valence-corrected chi connectivity index (χ2v) is 7.74. The predicted octanol–water partition coefficient (Wildman–Crippen LogP) is 2.67. The Hall–Kier alpha value is -2.11. The van der Waals surface area contributed by atoms with Crippen molar-refractivity contribution in [2.75, 3.05) is 32.7 Å². The fourth-order valence-electron chi connectivity index (χ4n) is 4.26. The van der Waals surface area contributed by atoms with Crippen LogP contribution in [0.4, 0.5) is 0 Å². The molecular weight excluding hydrogens is 338 g/mol. The number of piperidine rings is 1. The van der Waals surface area contributed by atoms with Crippen LogP contribution in [0.25, 0.3) is 0 Å². The number of nitrogens with zero attached hydrogens (tertiary/aromatic N) is 2. The standard InChI is InChI=1S/C22H29N3O2/c26-22(20-7-3-11-25(16-20)17-21-8-4-14-27-21)23-10-13-24-12-9-18-5-1-2-6-19(18)15-24/h1-2,4-6,8,14,20H,3,7,9-13,15-17H2,(H,23,26)/t20-/m0/s1. The molecule has 0 radical (unpaired) electrons. The third-order valence-corrected chi connectivity index (χ3v) is 5.77. The second-order valence-electron chi connectivity index (χ2n) is 7.74. The van der Waals surface area contributed by atoms with Crippen LogP contribution in [0.2, 0.25) is 0 Å². The van der Waals surface area contributed by atoms with Gasteiger partial charge in [0.25, 0.3) is 0 Å². The van der Waals surface area contributed by atoms with Gasteiger partial charge in [-0.25, -0.2) is 0 Å². The van der Waals surface area contributed by atoms with Crippen LogP contribution < -0.4 is 5.32 Å². The molecule has 2 aliphatic heterocycles. The van der Waals surface area contributed by atoms with Gasteiger partial charge in [-0.05, 0) is 49.1 Å². The van der Waals surface area contributed by atoms with Gasteiger partial charge in [0, 0.05) is 32.7 Å². The van der Waals surface area contributed by atoms with E-state index in [9.17, 15) is 4.79 Å². The molecule has 0 aliphatic carbocycles. The Kier molecular flexibility index (Phi) is 5.90. The number of fused-ring (bicyclic) bond motifs is 1. The summed E-state index contributed by atoms with van der Waals surface area (Å²) in [6.45, 7) is 6.38. The quantitative estimate of drug-likeness (QED) is 0.853. The number of carbonyl (C=O) groups is 1. The van der Waals surface area contributed by atoms with E-state index in [-0.39, 0.29) is 11.8 Å². The van der Waals surface area contributed by atoms with Gasteiger partial charge in [0.2, 0.25) is 5.91 Å². The minimum absolute atomic E-state index is 0.0933. The van der Waals surface area contributed by atoms with Crippen molar-refractivity contribution < 1.29 is 9.21 Å². The van der Waals surface area contributed by atoms with Gasteiger partial charge in [-0.1, -0.05) is 24.3 Å². The number of carbonyl (C=O) groups excluding carboxylic acids is 1. The summed E-state index contributed by atoms with van der Waals surface area (Å²) in [4.78, 5) is 17.4. The van der Waals surface area contributed by atoms with E-state index < -0.39 is 0 Å². The number of furan rings is 1. The molecule has 1 amide bonds. The Labute approximate surface area is 161 Å². The lowest BCUT2D eigenvalue weighted by atomic mass is 9.97. The third kappa shape index (κ3) is 4.79. The average molecular weight is 367 g/mol. The summed E-state index contributed by atoms with van der Waals surface area (Å²) in [5, 5.41) is 3.17. The maximum absolute atomic E-state index is 12.6. The topological polar surface area (TPSA) is 48.7 Å². The molecule has 0 bridgehead atoms. The van der Waals surface area contributed by atoms with E-state index in [0.29, 0.717) is 0 Å². The van der Waals surface area contributed by atoms with Crippen molar-refractivity contribution >= 4 is 5.91 Å². The number of hydrogen-bond acceptors (Lipinski definition) is 4. The highest BCUT2D eigenvalue weighted by Crippen LogP contribution is 2.20. The van der Waals surface area contributed by atoms with Crippen LogP contribution in [-0.4, -0.2) is 48.4 Å². The summed E-state index contributed by atoms with van der Waals surface area (Å²) in [6, 6.07) is 12.6. The maximum atomic E-state index is 12.6. The first-order chi connectivity index (χ1) is 13.3. The van der Waals surface area contributed by atoms with E-state index in [4.69, 9.17) is 4.42 Å². The largest absolute Gasteiger partial charge is 0.468 e. The van der Waals surface area contributed by atoms with Crippen LogP contribution in [0.1, 0.15) is 29.7 Å². The van der Waals surface area contributed by atoms with E-state index in [2.05, 4.69) is 39.4 Å². The molecule has 1 saturated heterocycles. The van der Waals surface area contributed by atoms with Gasteiger partial charge in [-0.3, -0.25) is 14.6 Å². The second kappa shape index (κ2) is 8.72. The molecule has 144 valence electrons. The molecule has 3 heterocycles. The molecule has 27 heavy (non-hydrogen) atoms. The lowest BCUT2D eigenvalue weighted by molar-refractivity contribution is -0.126. The van der Waals surface area contributed by atoms with Crippen LogP contribution >= 0.6 is 0 Å². The molecule has 2 aliphatic rings. The Morgan fingerprint density at radius 3 is 2.85 bits per heavy atom. The lowest BCUT2D eigenvalue weighted by Gasteiger charge is -2.32. The molecule has 0 saturated carbocycles.